The molecule has 0 N–H and O–H groups in total. The number of nitrogens with zero attached hydrogens (tertiary/aromatic N) is 6. The summed E-state index contributed by atoms with van der Waals surface area (Å²) in [5.74, 6) is -0.419. The van der Waals surface area contributed by atoms with Gasteiger partial charge in [-0.05, 0) is 13.0 Å². The number of likely N-dealkylation sites (N-methyl/N-ethyl adjacent to an activating group) is 1. The Morgan fingerprint density at radius 3 is 2.62 bits per heavy atom. The summed E-state index contributed by atoms with van der Waals surface area (Å²) in [6, 6.07) is 1.74. The van der Waals surface area contributed by atoms with E-state index in [0.717, 1.165) is 10.4 Å². The van der Waals surface area contributed by atoms with E-state index in [1.54, 1.807) is 24.0 Å². The molecule has 24 heavy (non-hydrogen) atoms. The number of carbonyl (C=O) groups is 1. The monoisotopic (exact) mass is 342 g/mol. The molecule has 0 radical (unpaired) electrons. The predicted molar refractivity (Wildman–Crippen MR) is 78.3 cm³/mol. The molecule has 0 aromatic carbocycles. The highest BCUT2D eigenvalue weighted by Gasteiger charge is 2.31. The smallest absolute Gasteiger partial charge is 0.319 e. The van der Waals surface area contributed by atoms with Gasteiger partial charge in [0, 0.05) is 20.3 Å². The lowest BCUT2D eigenvalue weighted by Gasteiger charge is -2.17. The molecule has 2 rings (SSSR count). The van der Waals surface area contributed by atoms with E-state index in [1.165, 1.54) is 18.9 Å². The van der Waals surface area contributed by atoms with Crippen molar-refractivity contribution in [1.29, 1.82) is 0 Å². The molecule has 1 amide bonds. The van der Waals surface area contributed by atoms with Gasteiger partial charge in [0.25, 0.3) is 6.43 Å². The zero-order valence-electron chi connectivity index (χ0n) is 13.3. The van der Waals surface area contributed by atoms with Gasteiger partial charge in [0.15, 0.2) is 0 Å². The molecular formula is C13H16F2N6O3. The molecule has 2 aromatic heterocycles. The average molecular weight is 342 g/mol. The van der Waals surface area contributed by atoms with Crippen LogP contribution < -0.4 is 0 Å². The summed E-state index contributed by atoms with van der Waals surface area (Å²) in [6.45, 7) is 1.18. The number of nitro groups is 1. The summed E-state index contributed by atoms with van der Waals surface area (Å²) >= 11 is 0. The average Bonchev–Trinajstić information content (AvgIpc) is 3.03. The van der Waals surface area contributed by atoms with Crippen molar-refractivity contribution in [3.63, 3.8) is 0 Å². The molecule has 0 saturated heterocycles. The summed E-state index contributed by atoms with van der Waals surface area (Å²) in [5.41, 5.74) is -0.994. The van der Waals surface area contributed by atoms with E-state index in [9.17, 15) is 23.7 Å². The van der Waals surface area contributed by atoms with E-state index < -0.39 is 28.6 Å². The first-order valence-electron chi connectivity index (χ1n) is 6.93. The summed E-state index contributed by atoms with van der Waals surface area (Å²) < 4.78 is 28.3. The maximum Gasteiger partial charge on any atom is 0.319 e. The summed E-state index contributed by atoms with van der Waals surface area (Å²) in [4.78, 5) is 23.6. The molecule has 0 aliphatic heterocycles. The van der Waals surface area contributed by atoms with Crippen molar-refractivity contribution in [3.05, 3.63) is 39.5 Å². The summed E-state index contributed by atoms with van der Waals surface area (Å²) in [5, 5.41) is 18.5. The van der Waals surface area contributed by atoms with Crippen LogP contribution in [0.1, 0.15) is 23.5 Å². The van der Waals surface area contributed by atoms with Crippen molar-refractivity contribution in [2.75, 3.05) is 7.05 Å². The van der Waals surface area contributed by atoms with Crippen molar-refractivity contribution in [2.24, 2.45) is 7.05 Å². The highest BCUT2D eigenvalue weighted by Crippen LogP contribution is 2.30. The zero-order chi connectivity index (χ0) is 18.0. The lowest BCUT2D eigenvalue weighted by Crippen LogP contribution is -2.31. The largest absolute Gasteiger partial charge is 0.338 e. The second-order valence-corrected chi connectivity index (χ2v) is 5.23. The van der Waals surface area contributed by atoms with Crippen LogP contribution in [0.5, 0.6) is 0 Å². The number of halogens is 2. The van der Waals surface area contributed by atoms with Gasteiger partial charge >= 0.3 is 5.69 Å². The Balaban J connectivity index is 2.18. The molecule has 2 heterocycles. The Morgan fingerprint density at radius 1 is 1.50 bits per heavy atom. The molecule has 0 aliphatic rings. The lowest BCUT2D eigenvalue weighted by molar-refractivity contribution is -0.386. The molecule has 0 fully saturated rings. The highest BCUT2D eigenvalue weighted by atomic mass is 19.3. The minimum atomic E-state index is -3.09. The first-order chi connectivity index (χ1) is 11.2. The van der Waals surface area contributed by atoms with E-state index in [2.05, 4.69) is 10.2 Å². The van der Waals surface area contributed by atoms with Crippen molar-refractivity contribution >= 4 is 11.6 Å². The molecule has 0 saturated carbocycles. The molecule has 11 heteroatoms. The van der Waals surface area contributed by atoms with Gasteiger partial charge in [0.05, 0.1) is 17.2 Å². The van der Waals surface area contributed by atoms with Crippen LogP contribution in [0.15, 0.2) is 12.3 Å². The van der Waals surface area contributed by atoms with E-state index in [1.807, 2.05) is 0 Å². The number of rotatable bonds is 6. The molecule has 0 spiro atoms. The van der Waals surface area contributed by atoms with Crippen LogP contribution in [0.25, 0.3) is 0 Å². The fourth-order valence-electron chi connectivity index (χ4n) is 2.22. The Morgan fingerprint density at radius 2 is 2.17 bits per heavy atom. The van der Waals surface area contributed by atoms with E-state index in [4.69, 9.17) is 0 Å². The number of alkyl halides is 2. The Labute approximate surface area is 135 Å². The van der Waals surface area contributed by atoms with Crippen LogP contribution >= 0.6 is 0 Å². The van der Waals surface area contributed by atoms with Crippen LogP contribution in [0.3, 0.4) is 0 Å². The van der Waals surface area contributed by atoms with Gasteiger partial charge in [0.1, 0.15) is 12.2 Å². The third-order valence-electron chi connectivity index (χ3n) is 3.62. The molecule has 0 aliphatic carbocycles. The maximum absolute atomic E-state index is 12.9. The SMILES string of the molecule is Cc1c([N+](=O)[O-])c(C(F)F)nn1CC(=O)N(C)Cc1ccnn1C. The number of amides is 1. The fourth-order valence-corrected chi connectivity index (χ4v) is 2.22. The fraction of sp³-hybridized carbons (Fsp3) is 0.462. The van der Waals surface area contributed by atoms with E-state index >= 15 is 0 Å². The van der Waals surface area contributed by atoms with Crippen LogP contribution in [-0.2, 0) is 24.9 Å². The third kappa shape index (κ3) is 3.39. The number of hydrogen-bond donors (Lipinski definition) is 0. The van der Waals surface area contributed by atoms with Crippen LogP contribution in [0, 0.1) is 17.0 Å². The Hall–Kier alpha value is -2.85. The standard InChI is InChI=1S/C13H16F2N6O3/c1-8-12(21(23)24)11(13(14)15)17-20(8)7-10(22)18(2)6-9-4-5-16-19(9)3/h4-5,13H,6-7H2,1-3H3. The van der Waals surface area contributed by atoms with Crippen LogP contribution in [0.2, 0.25) is 0 Å². The molecule has 0 unspecified atom stereocenters. The molecular weight excluding hydrogens is 326 g/mol. The number of carbonyl (C=O) groups excluding carboxylic acids is 1. The normalized spacial score (nSPS) is 11.1. The first kappa shape index (κ1) is 17.5. The van der Waals surface area contributed by atoms with Gasteiger partial charge in [-0.25, -0.2) is 8.78 Å². The molecule has 9 nitrogen and oxygen atoms in total. The minimum absolute atomic E-state index is 0.0856. The minimum Gasteiger partial charge on any atom is -0.338 e. The molecule has 0 atom stereocenters. The number of aryl methyl sites for hydroxylation is 1. The zero-order valence-corrected chi connectivity index (χ0v) is 13.3. The Kier molecular flexibility index (Phi) is 4.90. The predicted octanol–water partition coefficient (Wildman–Crippen LogP) is 1.43. The molecule has 130 valence electrons. The van der Waals surface area contributed by atoms with Crippen LogP contribution in [0.4, 0.5) is 14.5 Å². The highest BCUT2D eigenvalue weighted by molar-refractivity contribution is 5.75. The number of hydrogen-bond acceptors (Lipinski definition) is 5. The van der Waals surface area contributed by atoms with Gasteiger partial charge in [0.2, 0.25) is 11.6 Å². The van der Waals surface area contributed by atoms with Crippen molar-refractivity contribution in [1.82, 2.24) is 24.5 Å². The molecule has 0 bridgehead atoms. The van der Waals surface area contributed by atoms with Crippen molar-refractivity contribution < 1.29 is 18.5 Å². The lowest BCUT2D eigenvalue weighted by atomic mass is 10.3. The van der Waals surface area contributed by atoms with Gasteiger partial charge in [-0.3, -0.25) is 24.3 Å². The summed E-state index contributed by atoms with van der Waals surface area (Å²) in [6.07, 6.45) is -1.50. The third-order valence-corrected chi connectivity index (χ3v) is 3.62. The Bertz CT molecular complexity index is 770. The summed E-state index contributed by atoms with van der Waals surface area (Å²) in [7, 11) is 3.26. The number of aromatic nitrogens is 4. The van der Waals surface area contributed by atoms with Crippen molar-refractivity contribution in [2.45, 2.75) is 26.4 Å². The van der Waals surface area contributed by atoms with E-state index in [-0.39, 0.29) is 18.8 Å². The quantitative estimate of drug-likeness (QED) is 0.584. The van der Waals surface area contributed by atoms with Gasteiger partial charge in [-0.2, -0.15) is 10.2 Å². The van der Waals surface area contributed by atoms with Crippen molar-refractivity contribution in [3.8, 4) is 0 Å². The maximum atomic E-state index is 12.9. The first-order valence-corrected chi connectivity index (χ1v) is 6.93. The van der Waals surface area contributed by atoms with Gasteiger partial charge in [-0.15, -0.1) is 0 Å². The molecule has 2 aromatic rings. The van der Waals surface area contributed by atoms with Gasteiger partial charge in [-0.1, -0.05) is 0 Å². The topological polar surface area (TPSA) is 99.1 Å². The second kappa shape index (κ2) is 6.72. The van der Waals surface area contributed by atoms with Crippen LogP contribution in [-0.4, -0.2) is 42.3 Å². The second-order valence-electron chi connectivity index (χ2n) is 5.23. The van der Waals surface area contributed by atoms with Gasteiger partial charge < -0.3 is 4.90 Å². The van der Waals surface area contributed by atoms with E-state index in [0.29, 0.717) is 0 Å².